The minimum atomic E-state index is -0.716. The van der Waals surface area contributed by atoms with Gasteiger partial charge in [-0.25, -0.2) is 0 Å². The van der Waals surface area contributed by atoms with Gasteiger partial charge in [0.05, 0.1) is 22.6 Å². The molecule has 0 bridgehead atoms. The molecule has 1 amide bonds. The van der Waals surface area contributed by atoms with Crippen molar-refractivity contribution in [2.45, 2.75) is 0 Å². The van der Waals surface area contributed by atoms with Gasteiger partial charge in [-0.05, 0) is 42.0 Å². The molecule has 150 valence electrons. The number of benzene rings is 2. The number of phenolic OH excluding ortho intramolecular Hbond substituents is 1. The molecule has 8 nitrogen and oxygen atoms in total. The van der Waals surface area contributed by atoms with Crippen LogP contribution in [0, 0.1) is 10.1 Å². The van der Waals surface area contributed by atoms with E-state index in [1.807, 2.05) is 31.1 Å². The fourth-order valence-corrected chi connectivity index (χ4v) is 4.03. The molecule has 0 spiro atoms. The van der Waals surface area contributed by atoms with Crippen LogP contribution in [-0.2, 0) is 4.79 Å². The molecule has 0 atom stereocenters. The van der Waals surface area contributed by atoms with Gasteiger partial charge in [0.1, 0.15) is 0 Å². The largest absolute Gasteiger partial charge is 0.500 e. The van der Waals surface area contributed by atoms with Crippen molar-refractivity contribution in [1.82, 2.24) is 0 Å². The molecule has 2 aromatic rings. The molecule has 1 heterocycles. The van der Waals surface area contributed by atoms with E-state index in [9.17, 15) is 20.0 Å². The molecule has 1 N–H and O–H groups in total. The van der Waals surface area contributed by atoms with E-state index >= 15 is 0 Å². The Balaban J connectivity index is 1.96. The maximum Gasteiger partial charge on any atom is 0.315 e. The van der Waals surface area contributed by atoms with Crippen LogP contribution in [0.5, 0.6) is 11.5 Å². The summed E-state index contributed by atoms with van der Waals surface area (Å²) in [4.78, 5) is 27.0. The lowest BCUT2D eigenvalue weighted by Gasteiger charge is -2.17. The summed E-state index contributed by atoms with van der Waals surface area (Å²) in [6.45, 7) is 0. The Hall–Kier alpha value is -3.11. The summed E-state index contributed by atoms with van der Waals surface area (Å²) in [5.74, 6) is -0.948. The van der Waals surface area contributed by atoms with E-state index in [1.54, 1.807) is 12.1 Å². The molecule has 3 rings (SSSR count). The number of nitrogens with zero attached hydrogens (tertiary/aromatic N) is 3. The summed E-state index contributed by atoms with van der Waals surface area (Å²) >= 11 is 6.46. The third-order valence-electron chi connectivity index (χ3n) is 4.21. The van der Waals surface area contributed by atoms with Crippen LogP contribution in [0.2, 0.25) is 0 Å². The number of phenols is 1. The number of anilines is 2. The Morgan fingerprint density at radius 2 is 1.93 bits per heavy atom. The third-order valence-corrected chi connectivity index (χ3v) is 5.51. The van der Waals surface area contributed by atoms with Gasteiger partial charge in [0.25, 0.3) is 5.91 Å². The predicted molar refractivity (Wildman–Crippen MR) is 118 cm³/mol. The maximum atomic E-state index is 12.9. The number of nitro groups is 1. The van der Waals surface area contributed by atoms with Crippen LogP contribution in [0.25, 0.3) is 6.08 Å². The number of thioether (sulfide) groups is 1. The zero-order valence-corrected chi connectivity index (χ0v) is 17.4. The summed E-state index contributed by atoms with van der Waals surface area (Å²) in [5, 5.41) is 21.1. The van der Waals surface area contributed by atoms with Crippen LogP contribution in [0.3, 0.4) is 0 Å². The van der Waals surface area contributed by atoms with E-state index in [-0.39, 0.29) is 11.7 Å². The van der Waals surface area contributed by atoms with Crippen LogP contribution < -0.4 is 14.5 Å². The van der Waals surface area contributed by atoms with E-state index in [4.69, 9.17) is 17.0 Å². The highest BCUT2D eigenvalue weighted by molar-refractivity contribution is 8.27. The minimum absolute atomic E-state index is 0.0554. The monoisotopic (exact) mass is 431 g/mol. The van der Waals surface area contributed by atoms with Gasteiger partial charge in [-0.15, -0.1) is 0 Å². The van der Waals surface area contributed by atoms with Gasteiger partial charge in [0.2, 0.25) is 5.75 Å². The first-order valence-corrected chi connectivity index (χ1v) is 9.56. The number of aromatic hydroxyl groups is 1. The summed E-state index contributed by atoms with van der Waals surface area (Å²) in [5.41, 5.74) is 1.45. The average molecular weight is 431 g/mol. The second-order valence-corrected chi connectivity index (χ2v) is 7.95. The number of nitro benzene ring substituents is 1. The van der Waals surface area contributed by atoms with Crippen molar-refractivity contribution < 1.29 is 19.6 Å². The highest BCUT2D eigenvalue weighted by atomic mass is 32.2. The smallest absolute Gasteiger partial charge is 0.315 e. The van der Waals surface area contributed by atoms with Crippen molar-refractivity contribution in [2.75, 3.05) is 31.0 Å². The quantitative estimate of drug-likeness (QED) is 0.331. The molecule has 1 aliphatic heterocycles. The lowest BCUT2D eigenvalue weighted by molar-refractivity contribution is -0.386. The molecule has 1 aliphatic rings. The standard InChI is InChI=1S/C19H17N3O5S2/c1-20(2)12-4-6-13(7-5-12)21-18(24)16(29-19(21)28)10-11-8-14(22(25)26)17(23)15(9-11)27-3/h4-10,23H,1-3H3/b16-10+. The fourth-order valence-electron chi connectivity index (χ4n) is 2.73. The SMILES string of the molecule is COc1cc(/C=C2/SC(=S)N(c3ccc(N(C)C)cc3)C2=O)cc([N+](=O)[O-])c1O. The number of amides is 1. The Labute approximate surface area is 176 Å². The number of carbonyl (C=O) groups excluding carboxylic acids is 1. The number of hydrogen-bond donors (Lipinski definition) is 1. The van der Waals surface area contributed by atoms with Gasteiger partial charge in [-0.1, -0.05) is 24.0 Å². The molecule has 0 aliphatic carbocycles. The van der Waals surface area contributed by atoms with Crippen molar-refractivity contribution in [3.63, 3.8) is 0 Å². The molecule has 2 aromatic carbocycles. The van der Waals surface area contributed by atoms with Gasteiger partial charge in [0.15, 0.2) is 10.1 Å². The summed E-state index contributed by atoms with van der Waals surface area (Å²) in [7, 11) is 5.13. The number of thiocarbonyl (C=S) groups is 1. The predicted octanol–water partition coefficient (Wildman–Crippen LogP) is 3.78. The zero-order valence-electron chi connectivity index (χ0n) is 15.8. The van der Waals surface area contributed by atoms with Gasteiger partial charge in [0, 0.05) is 25.8 Å². The average Bonchev–Trinajstić information content (AvgIpc) is 2.96. The second-order valence-electron chi connectivity index (χ2n) is 6.28. The van der Waals surface area contributed by atoms with Gasteiger partial charge >= 0.3 is 5.69 Å². The van der Waals surface area contributed by atoms with Crippen molar-refractivity contribution in [1.29, 1.82) is 0 Å². The Morgan fingerprint density at radius 3 is 2.48 bits per heavy atom. The Morgan fingerprint density at radius 1 is 1.28 bits per heavy atom. The van der Waals surface area contributed by atoms with E-state index in [0.717, 1.165) is 17.4 Å². The lowest BCUT2D eigenvalue weighted by atomic mass is 10.1. The molecule has 0 saturated carbocycles. The zero-order chi connectivity index (χ0) is 21.3. The van der Waals surface area contributed by atoms with Crippen molar-refractivity contribution in [2.24, 2.45) is 0 Å². The topological polar surface area (TPSA) is 96.2 Å². The molecule has 0 unspecified atom stereocenters. The normalized spacial score (nSPS) is 15.1. The summed E-state index contributed by atoms with van der Waals surface area (Å²) < 4.78 is 5.35. The van der Waals surface area contributed by atoms with Gasteiger partial charge in [-0.2, -0.15) is 0 Å². The molecule has 29 heavy (non-hydrogen) atoms. The van der Waals surface area contributed by atoms with Crippen LogP contribution in [0.15, 0.2) is 41.3 Å². The van der Waals surface area contributed by atoms with Crippen molar-refractivity contribution in [3.8, 4) is 11.5 Å². The van der Waals surface area contributed by atoms with Crippen molar-refractivity contribution >= 4 is 57.3 Å². The molecule has 0 aromatic heterocycles. The Kier molecular flexibility index (Phi) is 5.76. The van der Waals surface area contributed by atoms with E-state index < -0.39 is 16.4 Å². The molecule has 1 fully saturated rings. The highest BCUT2D eigenvalue weighted by Gasteiger charge is 2.33. The number of carbonyl (C=O) groups is 1. The number of methoxy groups -OCH3 is 1. The molecule has 0 radical (unpaired) electrons. The Bertz CT molecular complexity index is 1030. The summed E-state index contributed by atoms with van der Waals surface area (Å²) in [6, 6.07) is 9.96. The highest BCUT2D eigenvalue weighted by Crippen LogP contribution is 2.40. The first kappa shape index (κ1) is 20.6. The van der Waals surface area contributed by atoms with Crippen LogP contribution in [0.1, 0.15) is 5.56 Å². The van der Waals surface area contributed by atoms with Crippen molar-refractivity contribution in [3.05, 3.63) is 57.0 Å². The maximum absolute atomic E-state index is 12.9. The minimum Gasteiger partial charge on any atom is -0.500 e. The first-order chi connectivity index (χ1) is 13.7. The van der Waals surface area contributed by atoms with Gasteiger partial charge < -0.3 is 14.7 Å². The van der Waals surface area contributed by atoms with E-state index in [2.05, 4.69) is 0 Å². The van der Waals surface area contributed by atoms with Crippen LogP contribution in [0.4, 0.5) is 17.1 Å². The summed E-state index contributed by atoms with van der Waals surface area (Å²) in [6.07, 6.45) is 1.49. The molecular weight excluding hydrogens is 414 g/mol. The van der Waals surface area contributed by atoms with Gasteiger partial charge in [-0.3, -0.25) is 19.8 Å². The number of rotatable bonds is 5. The van der Waals surface area contributed by atoms with E-state index in [1.165, 1.54) is 30.2 Å². The van der Waals surface area contributed by atoms with Crippen LogP contribution in [-0.4, -0.2) is 41.5 Å². The van der Waals surface area contributed by atoms with E-state index in [0.29, 0.717) is 20.5 Å². The molecule has 1 saturated heterocycles. The fraction of sp³-hybridized carbons (Fsp3) is 0.158. The first-order valence-electron chi connectivity index (χ1n) is 8.33. The number of ether oxygens (including phenoxy) is 1. The third kappa shape index (κ3) is 4.03. The number of hydrogen-bond acceptors (Lipinski definition) is 8. The van der Waals surface area contributed by atoms with Crippen LogP contribution >= 0.6 is 24.0 Å². The molecule has 10 heteroatoms. The molecular formula is C19H17N3O5S2. The second kappa shape index (κ2) is 8.10. The lowest BCUT2D eigenvalue weighted by Crippen LogP contribution is -2.27.